The molecule has 0 saturated carbocycles. The van der Waals surface area contributed by atoms with Gasteiger partial charge in [-0.3, -0.25) is 4.79 Å². The summed E-state index contributed by atoms with van der Waals surface area (Å²) in [5.74, 6) is 0.414. The molecular formula is C9H19NO. The summed E-state index contributed by atoms with van der Waals surface area (Å²) in [5, 5.41) is 2.67. The first-order chi connectivity index (χ1) is 5.16. The maximum absolute atomic E-state index is 10.5. The zero-order valence-electron chi connectivity index (χ0n) is 7.98. The Morgan fingerprint density at radius 1 is 1.55 bits per heavy atom. The van der Waals surface area contributed by atoms with Crippen molar-refractivity contribution in [2.24, 2.45) is 5.92 Å². The van der Waals surface area contributed by atoms with E-state index in [0.29, 0.717) is 5.92 Å². The monoisotopic (exact) mass is 157 g/mol. The van der Waals surface area contributed by atoms with E-state index in [2.05, 4.69) is 11.9 Å². The van der Waals surface area contributed by atoms with Crippen LogP contribution in [0.5, 0.6) is 0 Å². The van der Waals surface area contributed by atoms with E-state index in [1.54, 1.807) is 0 Å². The molecule has 0 saturated heterocycles. The summed E-state index contributed by atoms with van der Waals surface area (Å²) in [4.78, 5) is 10.5. The molecule has 1 amide bonds. The first kappa shape index (κ1) is 12.8. The van der Waals surface area contributed by atoms with Crippen LogP contribution in [-0.2, 0) is 4.79 Å². The molecule has 0 rings (SSSR count). The van der Waals surface area contributed by atoms with Gasteiger partial charge in [0.2, 0.25) is 5.91 Å². The van der Waals surface area contributed by atoms with Gasteiger partial charge in [0.15, 0.2) is 0 Å². The second kappa shape index (κ2) is 9.21. The van der Waals surface area contributed by atoms with Crippen LogP contribution in [0.15, 0.2) is 12.7 Å². The van der Waals surface area contributed by atoms with Crippen LogP contribution in [0, 0.1) is 5.92 Å². The van der Waals surface area contributed by atoms with Crippen molar-refractivity contribution in [3.05, 3.63) is 12.7 Å². The highest BCUT2D eigenvalue weighted by molar-refractivity contribution is 5.86. The average molecular weight is 157 g/mol. The number of nitrogens with one attached hydrogen (secondary N) is 1. The molecule has 0 radical (unpaired) electrons. The fourth-order valence-corrected chi connectivity index (χ4v) is 0.377. The van der Waals surface area contributed by atoms with E-state index >= 15 is 0 Å². The van der Waals surface area contributed by atoms with Crippen LogP contribution in [0.1, 0.15) is 27.7 Å². The van der Waals surface area contributed by atoms with Gasteiger partial charge in [-0.05, 0) is 12.0 Å². The van der Waals surface area contributed by atoms with Gasteiger partial charge in [0.25, 0.3) is 0 Å². The van der Waals surface area contributed by atoms with Crippen LogP contribution in [-0.4, -0.2) is 12.5 Å². The molecule has 0 spiro atoms. The Hall–Kier alpha value is -0.790. The molecule has 0 aromatic carbocycles. The predicted octanol–water partition coefficient (Wildman–Crippen LogP) is 1.97. The lowest BCUT2D eigenvalue weighted by atomic mass is 10.2. The fraction of sp³-hybridized carbons (Fsp3) is 0.667. The average Bonchev–Trinajstić information content (AvgIpc) is 2.04. The molecule has 1 N–H and O–H groups in total. The SMILES string of the molecule is C=CC(=O)NCC(C)C.CC. The minimum absolute atomic E-state index is 0.0938. The third kappa shape index (κ3) is 12.4. The van der Waals surface area contributed by atoms with Crippen LogP contribution < -0.4 is 5.32 Å². The highest BCUT2D eigenvalue weighted by Gasteiger charge is 1.94. The first-order valence-corrected chi connectivity index (χ1v) is 4.07. The summed E-state index contributed by atoms with van der Waals surface area (Å²) in [7, 11) is 0. The molecular weight excluding hydrogens is 138 g/mol. The molecule has 0 bridgehead atoms. The van der Waals surface area contributed by atoms with Crippen molar-refractivity contribution in [2.45, 2.75) is 27.7 Å². The molecule has 2 heteroatoms. The highest BCUT2D eigenvalue weighted by Crippen LogP contribution is 1.86. The van der Waals surface area contributed by atoms with Gasteiger partial charge in [-0.25, -0.2) is 0 Å². The molecule has 66 valence electrons. The van der Waals surface area contributed by atoms with Gasteiger partial charge in [0, 0.05) is 6.54 Å². The lowest BCUT2D eigenvalue weighted by Crippen LogP contribution is -2.24. The molecule has 0 aliphatic heterocycles. The van der Waals surface area contributed by atoms with Crippen LogP contribution in [0.4, 0.5) is 0 Å². The van der Waals surface area contributed by atoms with Crippen molar-refractivity contribution in [3.8, 4) is 0 Å². The normalized spacial score (nSPS) is 8.09. The molecule has 0 aromatic heterocycles. The van der Waals surface area contributed by atoms with Crippen molar-refractivity contribution in [2.75, 3.05) is 6.54 Å². The molecule has 0 aliphatic rings. The lowest BCUT2D eigenvalue weighted by molar-refractivity contribution is -0.116. The van der Waals surface area contributed by atoms with Crippen LogP contribution in [0.2, 0.25) is 0 Å². The zero-order valence-corrected chi connectivity index (χ0v) is 7.98. The summed E-state index contributed by atoms with van der Waals surface area (Å²) in [6.07, 6.45) is 1.28. The Morgan fingerprint density at radius 3 is 2.27 bits per heavy atom. The second-order valence-corrected chi connectivity index (χ2v) is 2.34. The molecule has 0 fully saturated rings. The van der Waals surface area contributed by atoms with E-state index in [0.717, 1.165) is 6.54 Å². The minimum Gasteiger partial charge on any atom is -0.352 e. The smallest absolute Gasteiger partial charge is 0.243 e. The van der Waals surface area contributed by atoms with E-state index in [1.165, 1.54) is 6.08 Å². The Morgan fingerprint density at radius 2 is 2.00 bits per heavy atom. The van der Waals surface area contributed by atoms with Crippen LogP contribution >= 0.6 is 0 Å². The number of amides is 1. The number of rotatable bonds is 3. The third-order valence-electron chi connectivity index (χ3n) is 0.870. The topological polar surface area (TPSA) is 29.1 Å². The number of carbonyl (C=O) groups excluding carboxylic acids is 1. The van der Waals surface area contributed by atoms with Crippen molar-refractivity contribution < 1.29 is 4.79 Å². The molecule has 0 heterocycles. The van der Waals surface area contributed by atoms with Crippen LogP contribution in [0.3, 0.4) is 0 Å². The van der Waals surface area contributed by atoms with E-state index in [1.807, 2.05) is 27.7 Å². The Bertz CT molecular complexity index is 108. The molecule has 2 nitrogen and oxygen atoms in total. The lowest BCUT2D eigenvalue weighted by Gasteiger charge is -2.03. The molecule has 11 heavy (non-hydrogen) atoms. The minimum atomic E-state index is -0.0938. The van der Waals surface area contributed by atoms with E-state index in [4.69, 9.17) is 0 Å². The van der Waals surface area contributed by atoms with Gasteiger partial charge in [0.05, 0.1) is 0 Å². The van der Waals surface area contributed by atoms with E-state index < -0.39 is 0 Å². The predicted molar refractivity (Wildman–Crippen MR) is 49.4 cm³/mol. The summed E-state index contributed by atoms with van der Waals surface area (Å²) < 4.78 is 0. The molecule has 0 aromatic rings. The van der Waals surface area contributed by atoms with E-state index in [-0.39, 0.29) is 5.91 Å². The maximum atomic E-state index is 10.5. The van der Waals surface area contributed by atoms with Crippen LogP contribution in [0.25, 0.3) is 0 Å². The summed E-state index contributed by atoms with van der Waals surface area (Å²) in [5.41, 5.74) is 0. The number of hydrogen-bond acceptors (Lipinski definition) is 1. The van der Waals surface area contributed by atoms with Gasteiger partial charge < -0.3 is 5.32 Å². The number of hydrogen-bond donors (Lipinski definition) is 1. The van der Waals surface area contributed by atoms with E-state index in [9.17, 15) is 4.79 Å². The quantitative estimate of drug-likeness (QED) is 0.623. The summed E-state index contributed by atoms with van der Waals surface area (Å²) >= 11 is 0. The summed E-state index contributed by atoms with van der Waals surface area (Å²) in [6, 6.07) is 0. The number of carbonyl (C=O) groups is 1. The van der Waals surface area contributed by atoms with Gasteiger partial charge in [0.1, 0.15) is 0 Å². The zero-order chi connectivity index (χ0) is 9.28. The Kier molecular flexibility index (Phi) is 10.8. The maximum Gasteiger partial charge on any atom is 0.243 e. The van der Waals surface area contributed by atoms with Gasteiger partial charge >= 0.3 is 0 Å². The van der Waals surface area contributed by atoms with Crippen molar-refractivity contribution in [1.82, 2.24) is 5.32 Å². The van der Waals surface area contributed by atoms with Crippen molar-refractivity contribution in [3.63, 3.8) is 0 Å². The standard InChI is InChI=1S/C7H13NO.C2H6/c1-4-7(9)8-5-6(2)3;1-2/h4,6H,1,5H2,2-3H3,(H,8,9);1-2H3. The Labute approximate surface area is 69.7 Å². The third-order valence-corrected chi connectivity index (χ3v) is 0.870. The molecule has 0 atom stereocenters. The van der Waals surface area contributed by atoms with Gasteiger partial charge in [-0.1, -0.05) is 34.3 Å². The highest BCUT2D eigenvalue weighted by atomic mass is 16.1. The largest absolute Gasteiger partial charge is 0.352 e. The molecule has 0 aliphatic carbocycles. The van der Waals surface area contributed by atoms with Gasteiger partial charge in [-0.15, -0.1) is 0 Å². The van der Waals surface area contributed by atoms with Crippen molar-refractivity contribution >= 4 is 5.91 Å². The van der Waals surface area contributed by atoms with Gasteiger partial charge in [-0.2, -0.15) is 0 Å². The van der Waals surface area contributed by atoms with Crippen molar-refractivity contribution in [1.29, 1.82) is 0 Å². The second-order valence-electron chi connectivity index (χ2n) is 2.34. The Balaban J connectivity index is 0. The summed E-state index contributed by atoms with van der Waals surface area (Å²) in [6.45, 7) is 12.1. The fourth-order valence-electron chi connectivity index (χ4n) is 0.377. The molecule has 0 unspecified atom stereocenters. The first-order valence-electron chi connectivity index (χ1n) is 4.07.